The van der Waals surface area contributed by atoms with Crippen molar-refractivity contribution in [3.8, 4) is 11.5 Å². The van der Waals surface area contributed by atoms with E-state index >= 15 is 0 Å². The van der Waals surface area contributed by atoms with Crippen LogP contribution >= 0.6 is 0 Å². The number of amides is 2. The van der Waals surface area contributed by atoms with Crippen molar-refractivity contribution in [1.82, 2.24) is 9.80 Å². The van der Waals surface area contributed by atoms with Gasteiger partial charge in [-0.25, -0.2) is 0 Å². The molecule has 1 aromatic carbocycles. The first-order valence-electron chi connectivity index (χ1n) is 8.84. The predicted molar refractivity (Wildman–Crippen MR) is 91.5 cm³/mol. The molecule has 1 saturated heterocycles. The van der Waals surface area contributed by atoms with Gasteiger partial charge in [0.25, 0.3) is 5.91 Å². The van der Waals surface area contributed by atoms with Gasteiger partial charge in [0, 0.05) is 38.2 Å². The minimum atomic E-state index is -0.0240. The Hall–Kier alpha value is -2.50. The lowest BCUT2D eigenvalue weighted by molar-refractivity contribution is -0.133. The Morgan fingerprint density at radius 2 is 1.80 bits per heavy atom. The fourth-order valence-corrected chi connectivity index (χ4v) is 3.59. The van der Waals surface area contributed by atoms with Gasteiger partial charge < -0.3 is 19.3 Å². The van der Waals surface area contributed by atoms with E-state index in [-0.39, 0.29) is 18.6 Å². The zero-order chi connectivity index (χ0) is 17.2. The molecule has 0 radical (unpaired) electrons. The zero-order valence-corrected chi connectivity index (χ0v) is 14.1. The molecule has 2 aliphatic heterocycles. The van der Waals surface area contributed by atoms with E-state index in [9.17, 15) is 9.59 Å². The molecule has 1 unspecified atom stereocenters. The molecular weight excluding hydrogens is 320 g/mol. The first-order valence-corrected chi connectivity index (χ1v) is 8.84. The minimum Gasteiger partial charge on any atom is -0.454 e. The molecule has 0 N–H and O–H groups in total. The molecular formula is C19H22N2O4. The SMILES string of the molecule is O=C(CC1C=CCC1)N1CCN(C(=O)c2ccc3c(c2)OCO3)CC1. The van der Waals surface area contributed by atoms with Crippen LogP contribution in [-0.4, -0.2) is 54.6 Å². The van der Waals surface area contributed by atoms with Gasteiger partial charge in [0.05, 0.1) is 0 Å². The topological polar surface area (TPSA) is 59.1 Å². The summed E-state index contributed by atoms with van der Waals surface area (Å²) in [5, 5.41) is 0. The Balaban J connectivity index is 1.32. The quantitative estimate of drug-likeness (QED) is 0.789. The first-order chi connectivity index (χ1) is 12.2. The average molecular weight is 342 g/mol. The summed E-state index contributed by atoms with van der Waals surface area (Å²) in [6.45, 7) is 2.54. The summed E-state index contributed by atoms with van der Waals surface area (Å²) in [5.74, 6) is 1.86. The molecule has 0 aromatic heterocycles. The van der Waals surface area contributed by atoms with Crippen LogP contribution < -0.4 is 9.47 Å². The lowest BCUT2D eigenvalue weighted by Gasteiger charge is -2.35. The zero-order valence-electron chi connectivity index (χ0n) is 14.1. The molecule has 3 aliphatic rings. The van der Waals surface area contributed by atoms with Gasteiger partial charge in [0.1, 0.15) is 0 Å². The summed E-state index contributed by atoms with van der Waals surface area (Å²) >= 11 is 0. The Morgan fingerprint density at radius 3 is 2.56 bits per heavy atom. The summed E-state index contributed by atoms with van der Waals surface area (Å²) in [6.07, 6.45) is 7.05. The molecule has 6 heteroatoms. The van der Waals surface area contributed by atoms with E-state index in [2.05, 4.69) is 12.2 Å². The first kappa shape index (κ1) is 16.0. The number of fused-ring (bicyclic) bond motifs is 1. The molecule has 1 aliphatic carbocycles. The van der Waals surface area contributed by atoms with E-state index < -0.39 is 0 Å². The number of ether oxygens (including phenoxy) is 2. The average Bonchev–Trinajstić information content (AvgIpc) is 3.32. The highest BCUT2D eigenvalue weighted by Crippen LogP contribution is 2.33. The fourth-order valence-electron chi connectivity index (χ4n) is 3.59. The van der Waals surface area contributed by atoms with Crippen molar-refractivity contribution < 1.29 is 19.1 Å². The third kappa shape index (κ3) is 3.34. The molecule has 0 spiro atoms. The summed E-state index contributed by atoms with van der Waals surface area (Å²) in [5.41, 5.74) is 0.597. The number of hydrogen-bond acceptors (Lipinski definition) is 4. The molecule has 2 heterocycles. The van der Waals surface area contributed by atoms with Gasteiger partial charge in [-0.05, 0) is 37.0 Å². The van der Waals surface area contributed by atoms with Crippen molar-refractivity contribution in [2.75, 3.05) is 33.0 Å². The standard InChI is InChI=1S/C19H22N2O4/c22-18(11-14-3-1-2-4-14)20-7-9-21(10-8-20)19(23)15-5-6-16-17(12-15)25-13-24-16/h1,3,5-6,12,14H,2,4,7-11,13H2. The fraction of sp³-hybridized carbons (Fsp3) is 0.474. The van der Waals surface area contributed by atoms with Crippen LogP contribution in [0.3, 0.4) is 0 Å². The van der Waals surface area contributed by atoms with Crippen molar-refractivity contribution in [1.29, 1.82) is 0 Å². The van der Waals surface area contributed by atoms with Gasteiger partial charge >= 0.3 is 0 Å². The molecule has 4 rings (SSSR count). The number of benzene rings is 1. The number of hydrogen-bond donors (Lipinski definition) is 0. The van der Waals surface area contributed by atoms with Crippen molar-refractivity contribution in [2.24, 2.45) is 5.92 Å². The maximum atomic E-state index is 12.7. The van der Waals surface area contributed by atoms with E-state index in [0.29, 0.717) is 55.6 Å². The van der Waals surface area contributed by atoms with Crippen LogP contribution in [0.25, 0.3) is 0 Å². The summed E-state index contributed by atoms with van der Waals surface area (Å²) in [7, 11) is 0. The van der Waals surface area contributed by atoms with Gasteiger partial charge in [0.15, 0.2) is 11.5 Å². The normalized spacial score (nSPS) is 21.7. The number of allylic oxidation sites excluding steroid dienone is 2. The van der Waals surface area contributed by atoms with Crippen LogP contribution in [0.1, 0.15) is 29.6 Å². The molecule has 1 atom stereocenters. The second-order valence-electron chi connectivity index (χ2n) is 6.71. The van der Waals surface area contributed by atoms with Crippen LogP contribution in [0.4, 0.5) is 0 Å². The maximum absolute atomic E-state index is 12.7. The molecule has 1 aromatic rings. The Bertz CT molecular complexity index is 707. The smallest absolute Gasteiger partial charge is 0.254 e. The van der Waals surface area contributed by atoms with Crippen LogP contribution in [0.2, 0.25) is 0 Å². The van der Waals surface area contributed by atoms with E-state index in [1.807, 2.05) is 4.90 Å². The summed E-state index contributed by atoms with van der Waals surface area (Å²) in [6, 6.07) is 5.26. The predicted octanol–water partition coefficient (Wildman–Crippen LogP) is 2.06. The molecule has 2 amide bonds. The van der Waals surface area contributed by atoms with Crippen molar-refractivity contribution >= 4 is 11.8 Å². The lowest BCUT2D eigenvalue weighted by atomic mass is 10.0. The van der Waals surface area contributed by atoms with Crippen LogP contribution in [-0.2, 0) is 4.79 Å². The number of piperazine rings is 1. The van der Waals surface area contributed by atoms with Gasteiger partial charge in [-0.3, -0.25) is 9.59 Å². The highest BCUT2D eigenvalue weighted by Gasteiger charge is 2.27. The molecule has 132 valence electrons. The monoisotopic (exact) mass is 342 g/mol. The second kappa shape index (κ2) is 6.78. The minimum absolute atomic E-state index is 0.0240. The maximum Gasteiger partial charge on any atom is 0.254 e. The molecule has 0 saturated carbocycles. The number of carbonyl (C=O) groups is 2. The van der Waals surface area contributed by atoms with Crippen molar-refractivity contribution in [3.63, 3.8) is 0 Å². The third-order valence-corrected chi connectivity index (χ3v) is 5.09. The van der Waals surface area contributed by atoms with Crippen LogP contribution in [0, 0.1) is 5.92 Å². The highest BCUT2D eigenvalue weighted by molar-refractivity contribution is 5.95. The number of carbonyl (C=O) groups excluding carboxylic acids is 2. The van der Waals surface area contributed by atoms with E-state index in [1.54, 1.807) is 23.1 Å². The summed E-state index contributed by atoms with van der Waals surface area (Å²) in [4.78, 5) is 28.7. The van der Waals surface area contributed by atoms with Crippen molar-refractivity contribution in [2.45, 2.75) is 19.3 Å². The highest BCUT2D eigenvalue weighted by atomic mass is 16.7. The second-order valence-corrected chi connectivity index (χ2v) is 6.71. The van der Waals surface area contributed by atoms with E-state index in [0.717, 1.165) is 12.8 Å². The molecule has 25 heavy (non-hydrogen) atoms. The Labute approximate surface area is 147 Å². The number of rotatable bonds is 3. The van der Waals surface area contributed by atoms with Gasteiger partial charge in [-0.1, -0.05) is 12.2 Å². The largest absolute Gasteiger partial charge is 0.454 e. The van der Waals surface area contributed by atoms with E-state index in [4.69, 9.17) is 9.47 Å². The molecule has 0 bridgehead atoms. The van der Waals surface area contributed by atoms with Gasteiger partial charge in [-0.2, -0.15) is 0 Å². The van der Waals surface area contributed by atoms with Crippen LogP contribution in [0.15, 0.2) is 30.4 Å². The van der Waals surface area contributed by atoms with Crippen molar-refractivity contribution in [3.05, 3.63) is 35.9 Å². The Morgan fingerprint density at radius 1 is 1.04 bits per heavy atom. The van der Waals surface area contributed by atoms with Gasteiger partial charge in [0.2, 0.25) is 12.7 Å². The summed E-state index contributed by atoms with van der Waals surface area (Å²) < 4.78 is 10.6. The third-order valence-electron chi connectivity index (χ3n) is 5.09. The molecule has 1 fully saturated rings. The lowest BCUT2D eigenvalue weighted by Crippen LogP contribution is -2.50. The van der Waals surface area contributed by atoms with E-state index in [1.165, 1.54) is 0 Å². The Kier molecular flexibility index (Phi) is 4.34. The van der Waals surface area contributed by atoms with Crippen LogP contribution in [0.5, 0.6) is 11.5 Å². The molecule has 6 nitrogen and oxygen atoms in total. The number of nitrogens with zero attached hydrogens (tertiary/aromatic N) is 2. The van der Waals surface area contributed by atoms with Gasteiger partial charge in [-0.15, -0.1) is 0 Å².